The molecule has 0 atom stereocenters. The summed E-state index contributed by atoms with van der Waals surface area (Å²) in [5, 5.41) is 5.29. The van der Waals surface area contributed by atoms with E-state index in [9.17, 15) is 4.79 Å². The van der Waals surface area contributed by atoms with Crippen molar-refractivity contribution in [2.75, 3.05) is 6.54 Å². The number of hydrogen-bond acceptors (Lipinski definition) is 4. The Morgan fingerprint density at radius 1 is 1.09 bits per heavy atom. The first-order chi connectivity index (χ1) is 16.3. The molecule has 1 heterocycles. The fourth-order valence-corrected chi connectivity index (χ4v) is 2.30. The lowest BCUT2D eigenvalue weighted by Gasteiger charge is -1.94. The van der Waals surface area contributed by atoms with Gasteiger partial charge >= 0.3 is 0 Å². The third kappa shape index (κ3) is 17.2. The van der Waals surface area contributed by atoms with Gasteiger partial charge in [-0.2, -0.15) is 5.10 Å². The standard InChI is InChI=1S/C9H8N2O.C8H12ClN.C6H5ClS.2C2H6/c12-9-6-8(10-11-9)7-4-2-1-3-5-7;1-3-8(9)5-4-7(2)6-10;7-5-1-3-6(8)4-2-5;2*1-2/h1-5H,6H2,(H,11,12);3-5H,1,6,10H2,2H3;1-4,8H;2*1-2H3/b;7-4-,8-5+;;;. The smallest absolute Gasteiger partial charge is 0.246 e. The Morgan fingerprint density at radius 3 is 2.06 bits per heavy atom. The molecule has 1 amide bonds. The predicted molar refractivity (Wildman–Crippen MR) is 154 cm³/mol. The van der Waals surface area contributed by atoms with Crippen LogP contribution in [0.4, 0.5) is 0 Å². The van der Waals surface area contributed by atoms with E-state index in [0.717, 1.165) is 26.8 Å². The summed E-state index contributed by atoms with van der Waals surface area (Å²) < 4.78 is 0. The van der Waals surface area contributed by atoms with Crippen LogP contribution in [0.3, 0.4) is 0 Å². The summed E-state index contributed by atoms with van der Waals surface area (Å²) in [5.74, 6) is -0.0335. The zero-order chi connectivity index (χ0) is 26.4. The number of carbonyl (C=O) groups excluding carboxylic acids is 1. The molecule has 7 heteroatoms. The number of carbonyl (C=O) groups is 1. The molecular weight excluding hydrogens is 485 g/mol. The number of rotatable bonds is 4. The Hall–Kier alpha value is -2.31. The summed E-state index contributed by atoms with van der Waals surface area (Å²) in [4.78, 5) is 11.7. The fraction of sp³-hybridized carbons (Fsp3) is 0.259. The number of nitrogens with two attached hydrogens (primary N) is 1. The molecule has 2 aromatic rings. The second-order valence-corrected chi connectivity index (χ2v) is 7.47. The largest absolute Gasteiger partial charge is 0.327 e. The summed E-state index contributed by atoms with van der Waals surface area (Å²) in [6.45, 7) is 14.0. The second-order valence-electron chi connectivity index (χ2n) is 6.09. The number of nitrogens with one attached hydrogen (secondary N) is 1. The molecule has 3 N–H and O–H groups in total. The van der Waals surface area contributed by atoms with Crippen molar-refractivity contribution in [3.8, 4) is 0 Å². The Labute approximate surface area is 221 Å². The van der Waals surface area contributed by atoms with E-state index in [4.69, 9.17) is 28.9 Å². The van der Waals surface area contributed by atoms with Gasteiger partial charge in [-0.1, -0.05) is 106 Å². The van der Waals surface area contributed by atoms with Gasteiger partial charge in [0.15, 0.2) is 0 Å². The lowest BCUT2D eigenvalue weighted by atomic mass is 10.1. The van der Waals surface area contributed by atoms with Crippen LogP contribution in [0.15, 0.2) is 100 Å². The molecule has 0 saturated carbocycles. The van der Waals surface area contributed by atoms with Crippen molar-refractivity contribution in [1.82, 2.24) is 5.43 Å². The minimum atomic E-state index is -0.0335. The van der Waals surface area contributed by atoms with Gasteiger partial charge in [-0.15, -0.1) is 12.6 Å². The van der Waals surface area contributed by atoms with Gasteiger partial charge in [0, 0.05) is 21.5 Å². The summed E-state index contributed by atoms with van der Waals surface area (Å²) in [5.41, 5.74) is 10.7. The lowest BCUT2D eigenvalue weighted by Crippen LogP contribution is -2.09. The first-order valence-corrected chi connectivity index (χ1v) is 12.3. The molecule has 0 unspecified atom stereocenters. The van der Waals surface area contributed by atoms with Crippen LogP contribution in [-0.4, -0.2) is 18.2 Å². The number of nitrogens with zero attached hydrogens (tertiary/aromatic N) is 1. The van der Waals surface area contributed by atoms with E-state index in [1.54, 1.807) is 12.2 Å². The van der Waals surface area contributed by atoms with Crippen LogP contribution in [-0.2, 0) is 4.79 Å². The predicted octanol–water partition coefficient (Wildman–Crippen LogP) is 7.79. The highest BCUT2D eigenvalue weighted by atomic mass is 35.5. The Bertz CT molecular complexity index is 888. The van der Waals surface area contributed by atoms with Crippen LogP contribution < -0.4 is 11.2 Å². The van der Waals surface area contributed by atoms with Crippen molar-refractivity contribution < 1.29 is 4.79 Å². The second kappa shape index (κ2) is 22.5. The molecular formula is C27H37Cl2N3OS. The normalized spacial score (nSPS) is 12.0. The van der Waals surface area contributed by atoms with Gasteiger partial charge < -0.3 is 5.73 Å². The minimum absolute atomic E-state index is 0.0335. The highest BCUT2D eigenvalue weighted by Gasteiger charge is 2.15. The summed E-state index contributed by atoms with van der Waals surface area (Å²) in [6.07, 6.45) is 5.63. The van der Waals surface area contributed by atoms with Crippen molar-refractivity contribution in [2.24, 2.45) is 10.8 Å². The zero-order valence-electron chi connectivity index (χ0n) is 20.7. The number of allylic oxidation sites excluding steroid dienone is 4. The van der Waals surface area contributed by atoms with Crippen LogP contribution in [0.25, 0.3) is 0 Å². The zero-order valence-corrected chi connectivity index (χ0v) is 23.1. The quantitative estimate of drug-likeness (QED) is 0.283. The van der Waals surface area contributed by atoms with E-state index in [0.29, 0.717) is 18.0 Å². The molecule has 4 nitrogen and oxygen atoms in total. The Balaban J connectivity index is 0. The average molecular weight is 523 g/mol. The molecule has 0 aromatic heterocycles. The number of hydrazone groups is 1. The first-order valence-electron chi connectivity index (χ1n) is 11.1. The van der Waals surface area contributed by atoms with Crippen molar-refractivity contribution in [3.63, 3.8) is 0 Å². The first kappa shape index (κ1) is 33.9. The molecule has 186 valence electrons. The summed E-state index contributed by atoms with van der Waals surface area (Å²) >= 11 is 15.3. The van der Waals surface area contributed by atoms with Crippen molar-refractivity contribution >= 4 is 47.4 Å². The highest BCUT2D eigenvalue weighted by Crippen LogP contribution is 2.11. The number of hydrogen-bond donors (Lipinski definition) is 3. The van der Waals surface area contributed by atoms with Crippen molar-refractivity contribution in [2.45, 2.75) is 45.9 Å². The Kier molecular flexibility index (Phi) is 22.4. The molecule has 0 saturated heterocycles. The number of benzene rings is 2. The molecule has 34 heavy (non-hydrogen) atoms. The van der Waals surface area contributed by atoms with Crippen LogP contribution >= 0.6 is 35.8 Å². The minimum Gasteiger partial charge on any atom is -0.327 e. The van der Waals surface area contributed by atoms with Gasteiger partial charge in [-0.25, -0.2) is 5.43 Å². The molecule has 2 aromatic carbocycles. The lowest BCUT2D eigenvalue weighted by molar-refractivity contribution is -0.119. The van der Waals surface area contributed by atoms with Gasteiger partial charge in [-0.3, -0.25) is 4.79 Å². The summed E-state index contributed by atoms with van der Waals surface area (Å²) in [6, 6.07) is 17.0. The third-order valence-electron chi connectivity index (χ3n) is 3.62. The third-order valence-corrected chi connectivity index (χ3v) is 4.45. The topological polar surface area (TPSA) is 67.5 Å². The van der Waals surface area contributed by atoms with E-state index >= 15 is 0 Å². The molecule has 1 aliphatic heterocycles. The summed E-state index contributed by atoms with van der Waals surface area (Å²) in [7, 11) is 0. The van der Waals surface area contributed by atoms with Crippen LogP contribution in [0.5, 0.6) is 0 Å². The molecule has 0 fully saturated rings. The fourth-order valence-electron chi connectivity index (χ4n) is 1.96. The van der Waals surface area contributed by atoms with Crippen LogP contribution in [0, 0.1) is 0 Å². The SMILES string of the molecule is C=C/C(Cl)=C\C=C(\C)CN.CC.CC.O=C1CC(c2ccccc2)=NN1.Sc1ccc(Cl)cc1. The van der Waals surface area contributed by atoms with E-state index in [1.807, 2.05) is 95.3 Å². The molecule has 0 radical (unpaired) electrons. The number of thiol groups is 1. The maximum Gasteiger partial charge on any atom is 0.246 e. The van der Waals surface area contributed by atoms with E-state index < -0.39 is 0 Å². The van der Waals surface area contributed by atoms with Gasteiger partial charge in [0.1, 0.15) is 0 Å². The Morgan fingerprint density at radius 2 is 1.65 bits per heavy atom. The van der Waals surface area contributed by atoms with Gasteiger partial charge in [0.25, 0.3) is 0 Å². The van der Waals surface area contributed by atoms with Crippen molar-refractivity contribution in [3.05, 3.63) is 101 Å². The van der Waals surface area contributed by atoms with Gasteiger partial charge in [-0.05, 0) is 42.8 Å². The molecule has 1 aliphatic rings. The van der Waals surface area contributed by atoms with Gasteiger partial charge in [0.05, 0.1) is 12.1 Å². The van der Waals surface area contributed by atoms with Crippen LogP contribution in [0.2, 0.25) is 5.02 Å². The monoisotopic (exact) mass is 521 g/mol. The van der Waals surface area contributed by atoms with E-state index in [2.05, 4.69) is 29.7 Å². The molecule has 0 spiro atoms. The average Bonchev–Trinajstić information content (AvgIpc) is 3.34. The highest BCUT2D eigenvalue weighted by molar-refractivity contribution is 7.80. The molecule has 0 aliphatic carbocycles. The van der Waals surface area contributed by atoms with Crippen molar-refractivity contribution in [1.29, 1.82) is 0 Å². The maximum atomic E-state index is 10.8. The molecule has 3 rings (SSSR count). The van der Waals surface area contributed by atoms with Gasteiger partial charge in [0.2, 0.25) is 5.91 Å². The van der Waals surface area contributed by atoms with E-state index in [-0.39, 0.29) is 5.91 Å². The maximum absolute atomic E-state index is 10.8. The molecule has 0 bridgehead atoms. The number of amides is 1. The number of halogens is 2. The van der Waals surface area contributed by atoms with Crippen LogP contribution in [0.1, 0.15) is 46.6 Å². The van der Waals surface area contributed by atoms with E-state index in [1.165, 1.54) is 0 Å².